The van der Waals surface area contributed by atoms with Crippen LogP contribution < -0.4 is 9.99 Å². The summed E-state index contributed by atoms with van der Waals surface area (Å²) in [5.74, 6) is -0.192. The van der Waals surface area contributed by atoms with Gasteiger partial charge in [-0.2, -0.15) is 13.5 Å². The highest BCUT2D eigenvalue weighted by Crippen LogP contribution is 2.06. The molecule has 0 aliphatic carbocycles. The van der Waals surface area contributed by atoms with Crippen LogP contribution in [0.3, 0.4) is 0 Å². The molecule has 24 heavy (non-hydrogen) atoms. The standard InChI is InChI=1S/C17H21N3O3S/c1-15(18-19-17-7-3-2-4-8-17)16-9-12-20(13-10-16)11-5-6-14-24(21,22)23/h2-4,7-10,12-13H,5-6,11,14H2,1H3,(H,21,22,23)/p+1. The van der Waals surface area contributed by atoms with Gasteiger partial charge in [0.2, 0.25) is 0 Å². The Morgan fingerprint density at radius 1 is 1.12 bits per heavy atom. The molecule has 128 valence electrons. The number of hydrogen-bond acceptors (Lipinski definition) is 4. The topological polar surface area (TPSA) is 82.6 Å². The molecule has 6 nitrogen and oxygen atoms in total. The number of unbranched alkanes of at least 4 members (excludes halogenated alkanes) is 1. The van der Waals surface area contributed by atoms with Gasteiger partial charge in [0.15, 0.2) is 12.4 Å². The van der Waals surface area contributed by atoms with Gasteiger partial charge >= 0.3 is 0 Å². The number of nitrogens with one attached hydrogen (secondary N) is 1. The molecule has 0 aliphatic heterocycles. The third-order valence-electron chi connectivity index (χ3n) is 3.50. The number of hydrogen-bond donors (Lipinski definition) is 2. The molecule has 7 heteroatoms. The largest absolute Gasteiger partial charge is 0.286 e. The van der Waals surface area contributed by atoms with Crippen LogP contribution in [0.5, 0.6) is 0 Å². The number of aromatic nitrogens is 1. The van der Waals surface area contributed by atoms with E-state index in [9.17, 15) is 8.42 Å². The molecule has 1 aromatic carbocycles. The summed E-state index contributed by atoms with van der Waals surface area (Å²) >= 11 is 0. The summed E-state index contributed by atoms with van der Waals surface area (Å²) in [6.45, 7) is 2.63. The minimum atomic E-state index is -3.86. The Labute approximate surface area is 142 Å². The number of pyridine rings is 1. The van der Waals surface area contributed by atoms with Crippen LogP contribution in [0.2, 0.25) is 0 Å². The van der Waals surface area contributed by atoms with Crippen LogP contribution >= 0.6 is 0 Å². The zero-order valence-corrected chi connectivity index (χ0v) is 14.4. The van der Waals surface area contributed by atoms with E-state index < -0.39 is 10.1 Å². The fourth-order valence-corrected chi connectivity index (χ4v) is 2.72. The van der Waals surface area contributed by atoms with Gasteiger partial charge < -0.3 is 0 Å². The molecule has 0 atom stereocenters. The Bertz CT molecular complexity index is 772. The summed E-state index contributed by atoms with van der Waals surface area (Å²) in [4.78, 5) is 0. The van der Waals surface area contributed by atoms with Crippen molar-refractivity contribution in [2.45, 2.75) is 26.3 Å². The van der Waals surface area contributed by atoms with E-state index in [1.54, 1.807) is 0 Å². The Balaban J connectivity index is 1.86. The molecule has 0 saturated carbocycles. The number of hydrazone groups is 1. The minimum absolute atomic E-state index is 0.192. The number of nitrogens with zero attached hydrogens (tertiary/aromatic N) is 2. The summed E-state index contributed by atoms with van der Waals surface area (Å²) in [7, 11) is -3.86. The lowest BCUT2D eigenvalue weighted by molar-refractivity contribution is -0.697. The maximum absolute atomic E-state index is 10.7. The SMILES string of the molecule is C/C(=N/Nc1ccccc1)c1cc[n+](CCCCS(=O)(=O)O)cc1. The first kappa shape index (κ1) is 18.1. The average molecular weight is 348 g/mol. The molecule has 0 fully saturated rings. The summed E-state index contributed by atoms with van der Waals surface area (Å²) in [6.07, 6.45) is 5.00. The average Bonchev–Trinajstić information content (AvgIpc) is 2.57. The minimum Gasteiger partial charge on any atom is -0.286 e. The first-order valence-electron chi connectivity index (χ1n) is 7.74. The fourth-order valence-electron chi connectivity index (χ4n) is 2.15. The third kappa shape index (κ3) is 6.47. The first-order valence-corrected chi connectivity index (χ1v) is 9.35. The van der Waals surface area contributed by atoms with Crippen molar-refractivity contribution in [3.63, 3.8) is 0 Å². The molecular weight excluding hydrogens is 326 g/mol. The summed E-state index contributed by atoms with van der Waals surface area (Å²) in [5, 5.41) is 4.36. The fraction of sp³-hybridized carbons (Fsp3) is 0.294. The molecule has 1 aromatic heterocycles. The second-order valence-electron chi connectivity index (χ2n) is 5.49. The van der Waals surface area contributed by atoms with Crippen molar-refractivity contribution in [1.82, 2.24) is 0 Å². The van der Waals surface area contributed by atoms with Gasteiger partial charge in [-0.15, -0.1) is 0 Å². The summed E-state index contributed by atoms with van der Waals surface area (Å²) < 4.78 is 32.0. The van der Waals surface area contributed by atoms with E-state index in [2.05, 4.69) is 10.5 Å². The lowest BCUT2D eigenvalue weighted by atomic mass is 10.2. The first-order chi connectivity index (χ1) is 11.4. The van der Waals surface area contributed by atoms with Crippen molar-refractivity contribution in [3.05, 3.63) is 60.4 Å². The maximum atomic E-state index is 10.7. The highest BCUT2D eigenvalue weighted by molar-refractivity contribution is 7.85. The zero-order chi connectivity index (χ0) is 17.4. The normalized spacial score (nSPS) is 12.2. The van der Waals surface area contributed by atoms with Gasteiger partial charge in [0.25, 0.3) is 10.1 Å². The van der Waals surface area contributed by atoms with Gasteiger partial charge in [0.1, 0.15) is 6.54 Å². The lowest BCUT2D eigenvalue weighted by Gasteiger charge is -2.03. The zero-order valence-electron chi connectivity index (χ0n) is 13.6. The van der Waals surface area contributed by atoms with Crippen LogP contribution in [0, 0.1) is 0 Å². The Morgan fingerprint density at radius 2 is 1.79 bits per heavy atom. The van der Waals surface area contributed by atoms with Crippen LogP contribution in [-0.4, -0.2) is 24.4 Å². The second-order valence-corrected chi connectivity index (χ2v) is 7.06. The molecule has 1 heterocycles. The highest BCUT2D eigenvalue weighted by Gasteiger charge is 2.07. The van der Waals surface area contributed by atoms with E-state index in [0.29, 0.717) is 19.4 Å². The van der Waals surface area contributed by atoms with Crippen molar-refractivity contribution < 1.29 is 17.5 Å². The molecule has 0 amide bonds. The molecular formula is C17H22N3O3S+. The van der Waals surface area contributed by atoms with Crippen molar-refractivity contribution in [3.8, 4) is 0 Å². The smallest absolute Gasteiger partial charge is 0.264 e. The molecule has 0 bridgehead atoms. The Morgan fingerprint density at radius 3 is 2.42 bits per heavy atom. The molecule has 0 unspecified atom stereocenters. The van der Waals surface area contributed by atoms with E-state index in [0.717, 1.165) is 17.0 Å². The molecule has 0 aliphatic rings. The van der Waals surface area contributed by atoms with E-state index in [4.69, 9.17) is 4.55 Å². The van der Waals surface area contributed by atoms with Crippen molar-refractivity contribution in [2.75, 3.05) is 11.2 Å². The predicted molar refractivity (Wildman–Crippen MR) is 94.6 cm³/mol. The summed E-state index contributed by atoms with van der Waals surface area (Å²) in [6, 6.07) is 13.7. The predicted octanol–water partition coefficient (Wildman–Crippen LogP) is 2.48. The maximum Gasteiger partial charge on any atom is 0.264 e. The Hall–Kier alpha value is -2.25. The van der Waals surface area contributed by atoms with E-state index in [1.165, 1.54) is 0 Å². The summed E-state index contributed by atoms with van der Waals surface area (Å²) in [5.41, 5.74) is 5.83. The van der Waals surface area contributed by atoms with Gasteiger partial charge in [-0.3, -0.25) is 9.98 Å². The molecule has 2 rings (SSSR count). The van der Waals surface area contributed by atoms with Gasteiger partial charge in [0, 0.05) is 24.1 Å². The quantitative estimate of drug-likeness (QED) is 0.252. The Kier molecular flexibility index (Phi) is 6.45. The third-order valence-corrected chi connectivity index (χ3v) is 4.31. The molecule has 2 aromatic rings. The lowest BCUT2D eigenvalue weighted by Crippen LogP contribution is -2.33. The van der Waals surface area contributed by atoms with Crippen LogP contribution in [0.25, 0.3) is 0 Å². The van der Waals surface area contributed by atoms with Crippen molar-refractivity contribution >= 4 is 21.5 Å². The molecule has 0 spiro atoms. The molecule has 0 saturated heterocycles. The number of para-hydroxylation sites is 1. The van der Waals surface area contributed by atoms with E-state index in [-0.39, 0.29) is 5.75 Å². The van der Waals surface area contributed by atoms with Gasteiger partial charge in [0.05, 0.1) is 17.2 Å². The van der Waals surface area contributed by atoms with Gasteiger partial charge in [-0.25, -0.2) is 4.57 Å². The number of aryl methyl sites for hydroxylation is 1. The van der Waals surface area contributed by atoms with Crippen molar-refractivity contribution in [1.29, 1.82) is 0 Å². The highest BCUT2D eigenvalue weighted by atomic mass is 32.2. The van der Waals surface area contributed by atoms with Gasteiger partial charge in [-0.1, -0.05) is 18.2 Å². The van der Waals surface area contributed by atoms with Crippen LogP contribution in [0.4, 0.5) is 5.69 Å². The van der Waals surface area contributed by atoms with E-state index in [1.807, 2.05) is 66.3 Å². The number of anilines is 1. The van der Waals surface area contributed by atoms with Crippen LogP contribution in [-0.2, 0) is 16.7 Å². The second kappa shape index (κ2) is 8.56. The number of rotatable bonds is 8. The van der Waals surface area contributed by atoms with Gasteiger partial charge in [-0.05, 0) is 25.5 Å². The van der Waals surface area contributed by atoms with E-state index >= 15 is 0 Å². The monoisotopic (exact) mass is 348 g/mol. The van der Waals surface area contributed by atoms with Crippen molar-refractivity contribution in [2.24, 2.45) is 5.10 Å². The molecule has 2 N–H and O–H groups in total. The molecule has 0 radical (unpaired) electrons. The number of benzene rings is 1. The van der Waals surface area contributed by atoms with Crippen LogP contribution in [0.1, 0.15) is 25.3 Å². The van der Waals surface area contributed by atoms with Crippen LogP contribution in [0.15, 0.2) is 60.0 Å².